The summed E-state index contributed by atoms with van der Waals surface area (Å²) in [5.41, 5.74) is 23.3. The lowest BCUT2D eigenvalue weighted by Gasteiger charge is -2.25. The Balaban J connectivity index is 2.25. The van der Waals surface area contributed by atoms with Crippen molar-refractivity contribution in [3.05, 3.63) is 48.0 Å². The first-order chi connectivity index (χ1) is 20.5. The number of aromatic amines is 1. The van der Waals surface area contributed by atoms with Crippen molar-refractivity contribution in [2.24, 2.45) is 27.9 Å². The summed E-state index contributed by atoms with van der Waals surface area (Å²) >= 11 is 0. The number of nitrogens with zero attached hydrogens (tertiary/aromatic N) is 2. The molecule has 2 rings (SSSR count). The predicted molar refractivity (Wildman–Crippen MR) is 158 cm³/mol. The molecule has 236 valence electrons. The van der Waals surface area contributed by atoms with E-state index in [1.807, 2.05) is 0 Å². The lowest BCUT2D eigenvalue weighted by Crippen LogP contribution is -2.57. The fourth-order valence-electron chi connectivity index (χ4n) is 4.13. The van der Waals surface area contributed by atoms with Gasteiger partial charge in [0.05, 0.1) is 12.4 Å². The number of aliphatic carboxylic acids is 1. The molecule has 14 N–H and O–H groups in total. The number of phenols is 1. The molecule has 0 aliphatic carbocycles. The lowest BCUT2D eigenvalue weighted by molar-refractivity contribution is -0.142. The van der Waals surface area contributed by atoms with Gasteiger partial charge in [-0.25, -0.2) is 9.78 Å². The van der Waals surface area contributed by atoms with Gasteiger partial charge < -0.3 is 54.1 Å². The molecule has 2 aromatic rings. The Kier molecular flexibility index (Phi) is 14.4. The molecule has 43 heavy (non-hydrogen) atoms. The minimum Gasteiger partial charge on any atom is -0.508 e. The van der Waals surface area contributed by atoms with Gasteiger partial charge in [0.2, 0.25) is 17.7 Å². The number of unbranched alkanes of at least 4 members (excludes halogenated alkanes) is 1. The summed E-state index contributed by atoms with van der Waals surface area (Å²) < 4.78 is 0. The highest BCUT2D eigenvalue weighted by atomic mass is 16.4. The largest absolute Gasteiger partial charge is 0.508 e. The van der Waals surface area contributed by atoms with Gasteiger partial charge in [-0.3, -0.25) is 19.4 Å². The van der Waals surface area contributed by atoms with Crippen LogP contribution in [0.4, 0.5) is 0 Å². The zero-order valence-electron chi connectivity index (χ0n) is 23.9. The quantitative estimate of drug-likeness (QED) is 0.0474. The van der Waals surface area contributed by atoms with Crippen LogP contribution in [0.25, 0.3) is 0 Å². The van der Waals surface area contributed by atoms with Crippen LogP contribution in [0.1, 0.15) is 43.4 Å². The molecule has 0 bridgehead atoms. The smallest absolute Gasteiger partial charge is 0.326 e. The first kappa shape index (κ1) is 34.5. The maximum absolute atomic E-state index is 13.5. The molecule has 3 amide bonds. The summed E-state index contributed by atoms with van der Waals surface area (Å²) in [4.78, 5) is 62.2. The van der Waals surface area contributed by atoms with Crippen LogP contribution < -0.4 is 38.9 Å². The molecule has 0 saturated heterocycles. The Bertz CT molecular complexity index is 1200. The summed E-state index contributed by atoms with van der Waals surface area (Å²) in [6.07, 6.45) is 4.83. The number of aromatic nitrogens is 2. The van der Waals surface area contributed by atoms with Gasteiger partial charge in [-0.1, -0.05) is 18.6 Å². The van der Waals surface area contributed by atoms with Gasteiger partial charge >= 0.3 is 5.97 Å². The van der Waals surface area contributed by atoms with Crippen LogP contribution in [0.15, 0.2) is 41.8 Å². The maximum Gasteiger partial charge on any atom is 0.326 e. The summed E-state index contributed by atoms with van der Waals surface area (Å²) in [6.45, 7) is 0.648. The molecule has 0 aliphatic heterocycles. The zero-order valence-corrected chi connectivity index (χ0v) is 23.9. The number of benzene rings is 1. The molecule has 4 atom stereocenters. The van der Waals surface area contributed by atoms with E-state index >= 15 is 0 Å². The van der Waals surface area contributed by atoms with Gasteiger partial charge in [-0.15, -0.1) is 0 Å². The Morgan fingerprint density at radius 2 is 1.53 bits per heavy atom. The molecule has 4 unspecified atom stereocenters. The average Bonchev–Trinajstić information content (AvgIpc) is 3.48. The summed E-state index contributed by atoms with van der Waals surface area (Å²) in [7, 11) is 0. The highest BCUT2D eigenvalue weighted by molar-refractivity contribution is 5.94. The van der Waals surface area contributed by atoms with Crippen molar-refractivity contribution < 1.29 is 29.4 Å². The van der Waals surface area contributed by atoms with Crippen LogP contribution in [0.5, 0.6) is 5.75 Å². The summed E-state index contributed by atoms with van der Waals surface area (Å²) in [5.74, 6) is -3.41. The number of aromatic hydroxyl groups is 1. The number of hydrogen-bond donors (Lipinski definition) is 10. The molecule has 16 heteroatoms. The number of carbonyl (C=O) groups is 4. The van der Waals surface area contributed by atoms with E-state index in [2.05, 4.69) is 30.9 Å². The minimum absolute atomic E-state index is 0.00522. The van der Waals surface area contributed by atoms with Gasteiger partial charge in [0, 0.05) is 31.3 Å². The number of aliphatic imine (C=N–C) groups is 1. The molecule has 0 fully saturated rings. The summed E-state index contributed by atoms with van der Waals surface area (Å²) in [5, 5.41) is 27.1. The minimum atomic E-state index is -1.33. The van der Waals surface area contributed by atoms with E-state index < -0.39 is 47.9 Å². The standard InChI is InChI=1S/C27H42N10O6/c28-10-2-1-4-19(29)23(39)35-20(5-3-11-33-27(30)31)24(40)36-21(12-16-6-8-18(38)9-7-16)25(41)37-22(26(42)43)13-17-14-32-15-34-17/h6-9,14-15,19-22,38H,1-5,10-13,28-29H2,(H,32,34)(H,35,39)(H,36,40)(H,37,41)(H,42,43)(H4,30,31,33). The third kappa shape index (κ3) is 12.8. The van der Waals surface area contributed by atoms with E-state index in [-0.39, 0.29) is 37.5 Å². The second-order valence-corrected chi connectivity index (χ2v) is 10.0. The molecule has 0 radical (unpaired) electrons. The van der Waals surface area contributed by atoms with Crippen LogP contribution in [0.2, 0.25) is 0 Å². The number of rotatable bonds is 19. The molecular formula is C27H42N10O6. The van der Waals surface area contributed by atoms with Gasteiger partial charge in [0.25, 0.3) is 0 Å². The fourth-order valence-corrected chi connectivity index (χ4v) is 4.13. The monoisotopic (exact) mass is 602 g/mol. The maximum atomic E-state index is 13.5. The van der Waals surface area contributed by atoms with Crippen molar-refractivity contribution in [2.45, 2.75) is 69.1 Å². The second-order valence-electron chi connectivity index (χ2n) is 10.0. The molecule has 16 nitrogen and oxygen atoms in total. The van der Waals surface area contributed by atoms with Crippen molar-refractivity contribution in [1.82, 2.24) is 25.9 Å². The van der Waals surface area contributed by atoms with Crippen molar-refractivity contribution >= 4 is 29.7 Å². The van der Waals surface area contributed by atoms with Crippen molar-refractivity contribution in [1.29, 1.82) is 0 Å². The van der Waals surface area contributed by atoms with E-state index in [1.165, 1.54) is 24.7 Å². The summed E-state index contributed by atoms with van der Waals surface area (Å²) in [6, 6.07) is 1.43. The number of imidazole rings is 1. The van der Waals surface area contributed by atoms with Crippen LogP contribution in [0.3, 0.4) is 0 Å². The highest BCUT2D eigenvalue weighted by Gasteiger charge is 2.30. The molecule has 0 aliphatic rings. The second kappa shape index (κ2) is 18.0. The number of hydrogen-bond acceptors (Lipinski definition) is 9. The Morgan fingerprint density at radius 3 is 2.14 bits per heavy atom. The normalized spacial score (nSPS) is 13.6. The number of phenolic OH excluding ortho intramolecular Hbond substituents is 1. The van der Waals surface area contributed by atoms with Crippen LogP contribution >= 0.6 is 0 Å². The van der Waals surface area contributed by atoms with E-state index in [0.717, 1.165) is 0 Å². The first-order valence-electron chi connectivity index (χ1n) is 13.9. The van der Waals surface area contributed by atoms with E-state index in [1.54, 1.807) is 12.1 Å². The molecule has 1 aromatic heterocycles. The molecule has 1 aromatic carbocycles. The van der Waals surface area contributed by atoms with Crippen LogP contribution in [-0.4, -0.2) is 87.1 Å². The Morgan fingerprint density at radius 1 is 0.884 bits per heavy atom. The van der Waals surface area contributed by atoms with Gasteiger partial charge in [0.1, 0.15) is 23.9 Å². The van der Waals surface area contributed by atoms with Crippen molar-refractivity contribution in [2.75, 3.05) is 13.1 Å². The van der Waals surface area contributed by atoms with Crippen molar-refractivity contribution in [3.8, 4) is 5.75 Å². The van der Waals surface area contributed by atoms with Crippen LogP contribution in [-0.2, 0) is 32.0 Å². The first-order valence-corrected chi connectivity index (χ1v) is 13.9. The number of guanidine groups is 1. The number of carboxylic acid groups (broad SMARTS) is 1. The molecule has 0 spiro atoms. The van der Waals surface area contributed by atoms with Crippen molar-refractivity contribution in [3.63, 3.8) is 0 Å². The van der Waals surface area contributed by atoms with Gasteiger partial charge in [0.15, 0.2) is 5.96 Å². The molecular weight excluding hydrogens is 560 g/mol. The van der Waals surface area contributed by atoms with E-state index in [0.29, 0.717) is 43.5 Å². The fraction of sp³-hybridized carbons (Fsp3) is 0.481. The van der Waals surface area contributed by atoms with Crippen LogP contribution in [0, 0.1) is 0 Å². The zero-order chi connectivity index (χ0) is 31.8. The highest BCUT2D eigenvalue weighted by Crippen LogP contribution is 2.13. The predicted octanol–water partition coefficient (Wildman–Crippen LogP) is -2.05. The third-order valence-corrected chi connectivity index (χ3v) is 6.49. The average molecular weight is 603 g/mol. The molecule has 1 heterocycles. The topological polar surface area (TPSA) is 290 Å². The molecule has 0 saturated carbocycles. The van der Waals surface area contributed by atoms with E-state index in [4.69, 9.17) is 22.9 Å². The number of nitrogens with two attached hydrogens (primary N) is 4. The van der Waals surface area contributed by atoms with Gasteiger partial charge in [-0.2, -0.15) is 0 Å². The Labute approximate surface area is 249 Å². The lowest BCUT2D eigenvalue weighted by atomic mass is 10.0. The number of H-pyrrole nitrogens is 1. The SMILES string of the molecule is NCCCCC(N)C(=O)NC(CCCN=C(N)N)C(=O)NC(Cc1ccc(O)cc1)C(=O)NC(Cc1cnc[nH]1)C(=O)O. The van der Waals surface area contributed by atoms with E-state index in [9.17, 15) is 29.4 Å². The van der Waals surface area contributed by atoms with Gasteiger partial charge in [-0.05, 0) is 49.9 Å². The third-order valence-electron chi connectivity index (χ3n) is 6.49. The Hall–Kier alpha value is -4.70. The number of carboxylic acids is 1. The number of carbonyl (C=O) groups excluding carboxylic acids is 3. The number of amides is 3. The number of nitrogens with one attached hydrogen (secondary N) is 4.